The van der Waals surface area contributed by atoms with E-state index in [1.54, 1.807) is 0 Å². The topological polar surface area (TPSA) is 43.4 Å². The lowest BCUT2D eigenvalue weighted by molar-refractivity contribution is 0.0690. The van der Waals surface area contributed by atoms with E-state index in [0.29, 0.717) is 19.8 Å². The van der Waals surface area contributed by atoms with Crippen LogP contribution in [-0.4, -0.2) is 99.7 Å². The largest absolute Gasteiger partial charge is 0.500 e. The minimum absolute atomic E-state index is 0.660. The molecule has 0 bridgehead atoms. The van der Waals surface area contributed by atoms with Gasteiger partial charge in [0, 0.05) is 64.9 Å². The summed E-state index contributed by atoms with van der Waals surface area (Å²) >= 11 is 0. The maximum Gasteiger partial charge on any atom is 0.500 e. The maximum atomic E-state index is 5.94. The first-order chi connectivity index (χ1) is 12.2. The molecule has 0 aromatic carbocycles. The molecular weight excluding hydrogens is 352 g/mol. The van der Waals surface area contributed by atoms with E-state index in [0.717, 1.165) is 54.5 Å². The van der Waals surface area contributed by atoms with Gasteiger partial charge in [0.2, 0.25) is 0 Å². The molecule has 0 aliphatic carbocycles. The Morgan fingerprint density at radius 1 is 0.800 bits per heavy atom. The zero-order chi connectivity index (χ0) is 18.4. The van der Waals surface area contributed by atoms with Gasteiger partial charge >= 0.3 is 8.80 Å². The van der Waals surface area contributed by atoms with E-state index in [1.807, 2.05) is 20.8 Å². The van der Waals surface area contributed by atoms with Crippen LogP contribution in [-0.2, 0) is 18.0 Å². The monoisotopic (exact) mass is 390 g/mol. The van der Waals surface area contributed by atoms with Crippen LogP contribution in [0.5, 0.6) is 0 Å². The Kier molecular flexibility index (Phi) is 13.3. The third kappa shape index (κ3) is 9.62. The molecule has 6 nitrogen and oxygen atoms in total. The van der Waals surface area contributed by atoms with Crippen molar-refractivity contribution < 1.29 is 18.0 Å². The number of piperazine rings is 1. The standard InChI is InChI=1S/C17H38N2O4Si2/c1-5-20-17-24-16-19-13-11-18(12-14-19)10-9-15-25(21-6-2,22-7-3)23-8-4/h5-17H2,1-4H3. The number of nitrogens with zero attached hydrogens (tertiary/aromatic N) is 2. The molecule has 2 radical (unpaired) electrons. The number of rotatable bonds is 15. The Morgan fingerprint density at radius 3 is 1.88 bits per heavy atom. The van der Waals surface area contributed by atoms with Crippen molar-refractivity contribution in [3.63, 3.8) is 0 Å². The second-order valence-corrected chi connectivity index (χ2v) is 9.93. The van der Waals surface area contributed by atoms with Crippen molar-refractivity contribution in [2.24, 2.45) is 0 Å². The summed E-state index contributed by atoms with van der Waals surface area (Å²) in [5.41, 5.74) is 0. The number of hydrogen-bond acceptors (Lipinski definition) is 6. The zero-order valence-electron chi connectivity index (χ0n) is 16.7. The Bertz CT molecular complexity index is 302. The molecule has 0 amide bonds. The molecule has 148 valence electrons. The average molecular weight is 391 g/mol. The van der Waals surface area contributed by atoms with Gasteiger partial charge in [-0.15, -0.1) is 0 Å². The van der Waals surface area contributed by atoms with Gasteiger partial charge in [0.1, 0.15) is 0 Å². The summed E-state index contributed by atoms with van der Waals surface area (Å²) in [7, 11) is -1.57. The van der Waals surface area contributed by atoms with Crippen LogP contribution in [0.25, 0.3) is 0 Å². The smallest absolute Gasteiger partial charge is 0.386 e. The second kappa shape index (κ2) is 14.3. The van der Waals surface area contributed by atoms with Crippen LogP contribution in [0.3, 0.4) is 0 Å². The number of ether oxygens (including phenoxy) is 1. The van der Waals surface area contributed by atoms with E-state index in [4.69, 9.17) is 18.0 Å². The van der Waals surface area contributed by atoms with Crippen LogP contribution in [0.2, 0.25) is 6.04 Å². The summed E-state index contributed by atoms with van der Waals surface area (Å²) in [6.07, 6.45) is 3.18. The molecule has 0 atom stereocenters. The Labute approximate surface area is 158 Å². The predicted molar refractivity (Wildman–Crippen MR) is 105 cm³/mol. The molecule has 0 saturated carbocycles. The minimum Gasteiger partial charge on any atom is -0.386 e. The van der Waals surface area contributed by atoms with E-state index >= 15 is 0 Å². The molecule has 1 aliphatic heterocycles. The van der Waals surface area contributed by atoms with Gasteiger partial charge in [-0.1, -0.05) is 0 Å². The summed E-state index contributed by atoms with van der Waals surface area (Å²) in [6, 6.07) is 0.915. The van der Waals surface area contributed by atoms with Gasteiger partial charge < -0.3 is 27.8 Å². The van der Waals surface area contributed by atoms with Crippen LogP contribution in [0.15, 0.2) is 0 Å². The molecule has 1 heterocycles. The van der Waals surface area contributed by atoms with E-state index in [2.05, 4.69) is 16.7 Å². The molecular formula is C17H38N2O4Si2. The lowest BCUT2D eigenvalue weighted by Gasteiger charge is -2.35. The van der Waals surface area contributed by atoms with Crippen molar-refractivity contribution in [3.05, 3.63) is 0 Å². The highest BCUT2D eigenvalue weighted by Crippen LogP contribution is 2.18. The van der Waals surface area contributed by atoms with Crippen molar-refractivity contribution >= 4 is 18.3 Å². The summed E-state index contributed by atoms with van der Waals surface area (Å²) in [5, 5.41) is 0. The summed E-state index contributed by atoms with van der Waals surface area (Å²) in [5.74, 6) is 0. The SMILES string of the molecule is CCOC[Si]CN1CCN(CCC[Si](OCC)(OCC)OCC)CC1. The third-order valence-electron chi connectivity index (χ3n) is 4.26. The van der Waals surface area contributed by atoms with Crippen molar-refractivity contribution in [1.29, 1.82) is 0 Å². The quantitative estimate of drug-likeness (QED) is 0.313. The predicted octanol–water partition coefficient (Wildman–Crippen LogP) is 1.70. The fourth-order valence-electron chi connectivity index (χ4n) is 3.07. The lowest BCUT2D eigenvalue weighted by atomic mass is 10.3. The van der Waals surface area contributed by atoms with Crippen molar-refractivity contribution in [2.75, 3.05) is 71.5 Å². The summed E-state index contributed by atoms with van der Waals surface area (Å²) in [6.45, 7) is 16.7. The Hall–Kier alpha value is 0.194. The van der Waals surface area contributed by atoms with Gasteiger partial charge in [-0.2, -0.15) is 0 Å². The van der Waals surface area contributed by atoms with Gasteiger partial charge in [-0.05, 0) is 46.8 Å². The summed E-state index contributed by atoms with van der Waals surface area (Å²) in [4.78, 5) is 5.12. The first kappa shape index (κ1) is 23.2. The Morgan fingerprint density at radius 2 is 1.36 bits per heavy atom. The van der Waals surface area contributed by atoms with Gasteiger partial charge in [-0.3, -0.25) is 0 Å². The molecule has 0 aromatic heterocycles. The lowest BCUT2D eigenvalue weighted by Crippen LogP contribution is -2.49. The molecule has 1 saturated heterocycles. The molecule has 0 aromatic rings. The fraction of sp³-hybridized carbons (Fsp3) is 1.00. The van der Waals surface area contributed by atoms with Crippen LogP contribution in [0.4, 0.5) is 0 Å². The highest BCUT2D eigenvalue weighted by atomic mass is 28.4. The van der Waals surface area contributed by atoms with Crippen LogP contribution in [0.1, 0.15) is 34.1 Å². The van der Waals surface area contributed by atoms with Crippen LogP contribution < -0.4 is 0 Å². The first-order valence-electron chi connectivity index (χ1n) is 9.84. The maximum absolute atomic E-state index is 5.94. The van der Waals surface area contributed by atoms with Gasteiger partial charge in [0.05, 0.1) is 9.52 Å². The number of hydrogen-bond donors (Lipinski definition) is 0. The molecule has 1 fully saturated rings. The highest BCUT2D eigenvalue weighted by molar-refractivity contribution is 6.60. The molecule has 8 heteroatoms. The summed E-state index contributed by atoms with van der Waals surface area (Å²) < 4.78 is 23.2. The van der Waals surface area contributed by atoms with Crippen LogP contribution in [0, 0.1) is 0 Å². The molecule has 0 N–H and O–H groups in total. The highest BCUT2D eigenvalue weighted by Gasteiger charge is 2.39. The Balaban J connectivity index is 2.24. The average Bonchev–Trinajstić information content (AvgIpc) is 2.61. The van der Waals surface area contributed by atoms with E-state index in [1.165, 1.54) is 19.3 Å². The normalized spacial score (nSPS) is 17.3. The van der Waals surface area contributed by atoms with Gasteiger partial charge in [0.25, 0.3) is 0 Å². The molecule has 1 aliphatic rings. The van der Waals surface area contributed by atoms with E-state index in [9.17, 15) is 0 Å². The van der Waals surface area contributed by atoms with Gasteiger partial charge in [-0.25, -0.2) is 0 Å². The van der Waals surface area contributed by atoms with Crippen LogP contribution >= 0.6 is 0 Å². The zero-order valence-corrected chi connectivity index (χ0v) is 18.7. The molecule has 0 spiro atoms. The van der Waals surface area contributed by atoms with E-state index in [-0.39, 0.29) is 0 Å². The van der Waals surface area contributed by atoms with E-state index < -0.39 is 8.80 Å². The molecule has 0 unspecified atom stereocenters. The molecule has 25 heavy (non-hydrogen) atoms. The third-order valence-corrected chi connectivity index (χ3v) is 8.49. The van der Waals surface area contributed by atoms with Crippen molar-refractivity contribution in [2.45, 2.75) is 40.2 Å². The minimum atomic E-state index is -2.47. The van der Waals surface area contributed by atoms with Gasteiger partial charge in [0.15, 0.2) is 0 Å². The van der Waals surface area contributed by atoms with Crippen molar-refractivity contribution in [3.8, 4) is 0 Å². The van der Waals surface area contributed by atoms with Crippen molar-refractivity contribution in [1.82, 2.24) is 9.80 Å². The first-order valence-corrected chi connectivity index (χ1v) is 13.2. The molecule has 1 rings (SSSR count). The fourth-order valence-corrected chi connectivity index (χ4v) is 6.74. The second-order valence-electron chi connectivity index (χ2n) is 6.09.